The predicted molar refractivity (Wildman–Crippen MR) is 72.4 cm³/mol. The Morgan fingerprint density at radius 3 is 3.00 bits per heavy atom. The molecule has 2 atom stereocenters. The summed E-state index contributed by atoms with van der Waals surface area (Å²) in [5.74, 6) is 0. The molecular formula is C15H19N3. The molecule has 0 bridgehead atoms. The maximum Gasteiger partial charge on any atom is 0.142 e. The van der Waals surface area contributed by atoms with Crippen molar-refractivity contribution in [1.82, 2.24) is 4.90 Å². The third-order valence-corrected chi connectivity index (χ3v) is 4.43. The van der Waals surface area contributed by atoms with E-state index in [-0.39, 0.29) is 5.54 Å². The molecule has 3 rings (SSSR count). The van der Waals surface area contributed by atoms with Gasteiger partial charge in [0.1, 0.15) is 5.54 Å². The van der Waals surface area contributed by atoms with Crippen LogP contribution >= 0.6 is 0 Å². The molecule has 3 heteroatoms. The Morgan fingerprint density at radius 1 is 1.39 bits per heavy atom. The Morgan fingerprint density at radius 2 is 2.22 bits per heavy atom. The van der Waals surface area contributed by atoms with Crippen LogP contribution < -0.4 is 5.32 Å². The molecule has 1 aromatic rings. The van der Waals surface area contributed by atoms with Crippen molar-refractivity contribution in [2.24, 2.45) is 0 Å². The van der Waals surface area contributed by atoms with Gasteiger partial charge < -0.3 is 5.32 Å². The molecule has 18 heavy (non-hydrogen) atoms. The van der Waals surface area contributed by atoms with Crippen molar-refractivity contribution in [3.63, 3.8) is 0 Å². The van der Waals surface area contributed by atoms with Crippen molar-refractivity contribution in [2.45, 2.75) is 37.8 Å². The first-order chi connectivity index (χ1) is 8.75. The highest BCUT2D eigenvalue weighted by Gasteiger charge is 2.49. The number of para-hydroxylation sites is 1. The Kier molecular flexibility index (Phi) is 2.76. The van der Waals surface area contributed by atoms with Gasteiger partial charge in [-0.3, -0.25) is 4.90 Å². The number of hydrogen-bond donors (Lipinski definition) is 1. The molecule has 2 aliphatic heterocycles. The first-order valence-corrected chi connectivity index (χ1v) is 6.74. The van der Waals surface area contributed by atoms with Crippen molar-refractivity contribution in [3.05, 3.63) is 29.8 Å². The van der Waals surface area contributed by atoms with E-state index in [4.69, 9.17) is 0 Å². The number of nitriles is 1. The molecule has 0 saturated carbocycles. The molecular weight excluding hydrogens is 222 g/mol. The van der Waals surface area contributed by atoms with E-state index in [1.807, 2.05) is 12.1 Å². The van der Waals surface area contributed by atoms with Crippen LogP contribution in [0, 0.1) is 18.3 Å². The predicted octanol–water partition coefficient (Wildman–Crippen LogP) is 2.54. The zero-order chi connectivity index (χ0) is 12.6. The smallest absolute Gasteiger partial charge is 0.142 e. The summed E-state index contributed by atoms with van der Waals surface area (Å²) in [4.78, 5) is 2.47. The number of hydrogen-bond acceptors (Lipinski definition) is 3. The van der Waals surface area contributed by atoms with Crippen LogP contribution in [-0.2, 0) is 0 Å². The van der Waals surface area contributed by atoms with Gasteiger partial charge in [-0.1, -0.05) is 18.2 Å². The molecule has 0 radical (unpaired) electrons. The molecule has 2 fully saturated rings. The summed E-state index contributed by atoms with van der Waals surface area (Å²) in [5, 5.41) is 13.2. The highest BCUT2D eigenvalue weighted by molar-refractivity contribution is 5.55. The lowest BCUT2D eigenvalue weighted by Crippen LogP contribution is -2.46. The van der Waals surface area contributed by atoms with Crippen molar-refractivity contribution in [2.75, 3.05) is 18.4 Å². The molecule has 2 saturated heterocycles. The maximum atomic E-state index is 9.68. The Bertz CT molecular complexity index is 491. The molecule has 0 amide bonds. The van der Waals surface area contributed by atoms with Crippen LogP contribution in [0.25, 0.3) is 0 Å². The zero-order valence-corrected chi connectivity index (χ0v) is 10.8. The standard InChI is InChI=1S/C15H19N3/c1-12-5-2-3-6-13(12)17-15(11-16)8-10-18-9-4-7-14(15)18/h2-3,5-6,14,17H,4,7-10H2,1H3. The van der Waals surface area contributed by atoms with Crippen LogP contribution in [0.4, 0.5) is 5.69 Å². The molecule has 2 unspecified atom stereocenters. The van der Waals surface area contributed by atoms with Crippen molar-refractivity contribution in [1.29, 1.82) is 5.26 Å². The first kappa shape index (κ1) is 11.6. The third kappa shape index (κ3) is 1.69. The van der Waals surface area contributed by atoms with Crippen molar-refractivity contribution in [3.8, 4) is 6.07 Å². The number of rotatable bonds is 2. The highest BCUT2D eigenvalue weighted by Crippen LogP contribution is 2.38. The molecule has 0 aromatic heterocycles. The average Bonchev–Trinajstić information content (AvgIpc) is 2.96. The number of aryl methyl sites for hydroxylation is 1. The normalized spacial score (nSPS) is 31.0. The van der Waals surface area contributed by atoms with Gasteiger partial charge in [0.05, 0.1) is 6.07 Å². The van der Waals surface area contributed by atoms with E-state index >= 15 is 0 Å². The minimum Gasteiger partial charge on any atom is -0.366 e. The summed E-state index contributed by atoms with van der Waals surface area (Å²) in [6, 6.07) is 11.2. The Hall–Kier alpha value is -1.53. The molecule has 1 N–H and O–H groups in total. The Labute approximate surface area is 108 Å². The van der Waals surface area contributed by atoms with Crippen molar-refractivity contribution >= 4 is 5.69 Å². The van der Waals surface area contributed by atoms with E-state index in [0.717, 1.165) is 31.6 Å². The van der Waals surface area contributed by atoms with E-state index in [0.29, 0.717) is 6.04 Å². The van der Waals surface area contributed by atoms with E-state index < -0.39 is 0 Å². The second kappa shape index (κ2) is 4.29. The number of anilines is 1. The monoisotopic (exact) mass is 241 g/mol. The quantitative estimate of drug-likeness (QED) is 0.864. The number of nitrogens with zero attached hydrogens (tertiary/aromatic N) is 2. The van der Waals surface area contributed by atoms with Crippen LogP contribution in [0.3, 0.4) is 0 Å². The number of nitrogens with one attached hydrogen (secondary N) is 1. The van der Waals surface area contributed by atoms with Gasteiger partial charge in [0.15, 0.2) is 0 Å². The van der Waals surface area contributed by atoms with Gasteiger partial charge in [0.2, 0.25) is 0 Å². The SMILES string of the molecule is Cc1ccccc1NC1(C#N)CCN2CCCC21. The summed E-state index contributed by atoms with van der Waals surface area (Å²) in [6.07, 6.45) is 3.30. The second-order valence-electron chi connectivity index (χ2n) is 5.47. The van der Waals surface area contributed by atoms with Crippen LogP contribution in [-0.4, -0.2) is 29.6 Å². The lowest BCUT2D eigenvalue weighted by Gasteiger charge is -2.31. The lowest BCUT2D eigenvalue weighted by molar-refractivity contribution is 0.301. The lowest BCUT2D eigenvalue weighted by atomic mass is 9.89. The van der Waals surface area contributed by atoms with Gasteiger partial charge in [-0.25, -0.2) is 0 Å². The second-order valence-corrected chi connectivity index (χ2v) is 5.47. The molecule has 3 nitrogen and oxygen atoms in total. The fourth-order valence-corrected chi connectivity index (χ4v) is 3.40. The van der Waals surface area contributed by atoms with Gasteiger partial charge >= 0.3 is 0 Å². The largest absolute Gasteiger partial charge is 0.366 e. The highest BCUT2D eigenvalue weighted by atomic mass is 15.3. The fourth-order valence-electron chi connectivity index (χ4n) is 3.40. The van der Waals surface area contributed by atoms with Crippen molar-refractivity contribution < 1.29 is 0 Å². The minimum atomic E-state index is -0.386. The summed E-state index contributed by atoms with van der Waals surface area (Å²) in [6.45, 7) is 4.30. The van der Waals surface area contributed by atoms with Crippen LogP contribution in [0.1, 0.15) is 24.8 Å². The van der Waals surface area contributed by atoms with Gasteiger partial charge in [-0.2, -0.15) is 5.26 Å². The minimum absolute atomic E-state index is 0.386. The van der Waals surface area contributed by atoms with Crippen LogP contribution in [0.5, 0.6) is 0 Å². The maximum absolute atomic E-state index is 9.68. The van der Waals surface area contributed by atoms with E-state index in [1.54, 1.807) is 0 Å². The van der Waals surface area contributed by atoms with Gasteiger partial charge in [0.25, 0.3) is 0 Å². The zero-order valence-electron chi connectivity index (χ0n) is 10.8. The molecule has 0 spiro atoms. The molecule has 2 aliphatic rings. The molecule has 94 valence electrons. The number of fused-ring (bicyclic) bond motifs is 1. The molecule has 2 heterocycles. The summed E-state index contributed by atoms with van der Waals surface area (Å²) in [7, 11) is 0. The van der Waals surface area contributed by atoms with E-state index in [1.165, 1.54) is 12.0 Å². The van der Waals surface area contributed by atoms with E-state index in [9.17, 15) is 5.26 Å². The van der Waals surface area contributed by atoms with Gasteiger partial charge in [-0.15, -0.1) is 0 Å². The number of benzene rings is 1. The summed E-state index contributed by atoms with van der Waals surface area (Å²) < 4.78 is 0. The van der Waals surface area contributed by atoms with Gasteiger partial charge in [-0.05, 0) is 44.4 Å². The van der Waals surface area contributed by atoms with Crippen LogP contribution in [0.15, 0.2) is 24.3 Å². The first-order valence-electron chi connectivity index (χ1n) is 6.74. The topological polar surface area (TPSA) is 39.1 Å². The van der Waals surface area contributed by atoms with Crippen LogP contribution in [0.2, 0.25) is 0 Å². The Balaban J connectivity index is 1.90. The summed E-state index contributed by atoms with van der Waals surface area (Å²) >= 11 is 0. The summed E-state index contributed by atoms with van der Waals surface area (Å²) in [5.41, 5.74) is 1.93. The van der Waals surface area contributed by atoms with E-state index in [2.05, 4.69) is 35.3 Å². The fraction of sp³-hybridized carbons (Fsp3) is 0.533. The molecule has 1 aromatic carbocycles. The van der Waals surface area contributed by atoms with Gasteiger partial charge in [0, 0.05) is 18.3 Å². The average molecular weight is 241 g/mol. The molecule has 0 aliphatic carbocycles. The third-order valence-electron chi connectivity index (χ3n) is 4.43.